The monoisotopic (exact) mass is 361 g/mol. The number of hydrogen-bond acceptors (Lipinski definition) is 4. The summed E-state index contributed by atoms with van der Waals surface area (Å²) in [5, 5.41) is 3.42. The first-order chi connectivity index (χ1) is 12.5. The molecule has 2 fully saturated rings. The maximum Gasteiger partial charge on any atom is 0.213 e. The first-order valence-corrected chi connectivity index (χ1v) is 10.1. The van der Waals surface area contributed by atoms with E-state index in [1.165, 1.54) is 45.3 Å². The molecule has 0 aromatic carbocycles. The Morgan fingerprint density at radius 2 is 2.04 bits per heavy atom. The molecule has 2 aliphatic rings. The standard InChI is InChI=1S/C20H35N5O/c1-20(2,3)17-12-22-18(26-17)13-23-19(21-4)25-11-8-16(15-25)14-24-9-6-5-7-10-24/h12,16H,5-11,13-15H2,1-4H3,(H,21,23). The van der Waals surface area contributed by atoms with E-state index < -0.39 is 0 Å². The number of nitrogens with zero attached hydrogens (tertiary/aromatic N) is 4. The number of oxazole rings is 1. The van der Waals surface area contributed by atoms with Gasteiger partial charge in [0, 0.05) is 32.1 Å². The molecule has 2 aliphatic heterocycles. The number of guanidine groups is 1. The van der Waals surface area contributed by atoms with Crippen molar-refractivity contribution >= 4 is 5.96 Å². The average Bonchev–Trinajstić information content (AvgIpc) is 3.26. The van der Waals surface area contributed by atoms with Gasteiger partial charge in [-0.05, 0) is 38.3 Å². The van der Waals surface area contributed by atoms with Gasteiger partial charge in [0.05, 0.1) is 12.7 Å². The molecule has 26 heavy (non-hydrogen) atoms. The fourth-order valence-corrected chi connectivity index (χ4v) is 3.91. The fourth-order valence-electron chi connectivity index (χ4n) is 3.91. The van der Waals surface area contributed by atoms with E-state index in [1.807, 2.05) is 13.2 Å². The summed E-state index contributed by atoms with van der Waals surface area (Å²) in [5.41, 5.74) is -0.0104. The zero-order valence-corrected chi connectivity index (χ0v) is 16.9. The number of hydrogen-bond donors (Lipinski definition) is 1. The van der Waals surface area contributed by atoms with Crippen LogP contribution in [0.25, 0.3) is 0 Å². The van der Waals surface area contributed by atoms with Crippen LogP contribution < -0.4 is 5.32 Å². The first-order valence-electron chi connectivity index (χ1n) is 10.1. The van der Waals surface area contributed by atoms with Gasteiger partial charge in [0.1, 0.15) is 5.76 Å². The Labute approximate surface area is 158 Å². The van der Waals surface area contributed by atoms with Gasteiger partial charge in [0.2, 0.25) is 5.89 Å². The summed E-state index contributed by atoms with van der Waals surface area (Å²) in [5.74, 6) is 3.36. The largest absolute Gasteiger partial charge is 0.443 e. The summed E-state index contributed by atoms with van der Waals surface area (Å²) < 4.78 is 5.87. The summed E-state index contributed by atoms with van der Waals surface area (Å²) in [6, 6.07) is 0. The van der Waals surface area contributed by atoms with Crippen LogP contribution in [0.5, 0.6) is 0 Å². The van der Waals surface area contributed by atoms with Crippen LogP contribution in [-0.4, -0.2) is 60.5 Å². The molecule has 0 aliphatic carbocycles. The highest BCUT2D eigenvalue weighted by Crippen LogP contribution is 2.23. The maximum atomic E-state index is 5.87. The molecule has 0 bridgehead atoms. The topological polar surface area (TPSA) is 56.9 Å². The number of aliphatic imine (C=N–C) groups is 1. The smallest absolute Gasteiger partial charge is 0.213 e. The Hall–Kier alpha value is -1.56. The van der Waals surface area contributed by atoms with E-state index in [1.54, 1.807) is 0 Å². The van der Waals surface area contributed by atoms with Crippen molar-refractivity contribution in [2.75, 3.05) is 39.8 Å². The van der Waals surface area contributed by atoms with Crippen LogP contribution in [0.4, 0.5) is 0 Å². The number of likely N-dealkylation sites (tertiary alicyclic amines) is 2. The number of piperidine rings is 1. The third-order valence-electron chi connectivity index (χ3n) is 5.45. The van der Waals surface area contributed by atoms with Gasteiger partial charge >= 0.3 is 0 Å². The van der Waals surface area contributed by atoms with Crippen LogP contribution in [0.2, 0.25) is 0 Å². The second-order valence-corrected chi connectivity index (χ2v) is 8.73. The molecular formula is C20H35N5O. The molecule has 1 atom stereocenters. The molecular weight excluding hydrogens is 326 g/mol. The van der Waals surface area contributed by atoms with E-state index in [-0.39, 0.29) is 5.41 Å². The van der Waals surface area contributed by atoms with Crippen molar-refractivity contribution in [3.05, 3.63) is 17.8 Å². The minimum absolute atomic E-state index is 0.0104. The lowest BCUT2D eigenvalue weighted by Crippen LogP contribution is -2.41. The summed E-state index contributed by atoms with van der Waals surface area (Å²) in [7, 11) is 1.86. The van der Waals surface area contributed by atoms with Gasteiger partial charge in [-0.15, -0.1) is 0 Å². The van der Waals surface area contributed by atoms with Crippen LogP contribution in [0.15, 0.2) is 15.6 Å². The van der Waals surface area contributed by atoms with Crippen LogP contribution in [0.3, 0.4) is 0 Å². The van der Waals surface area contributed by atoms with E-state index in [0.29, 0.717) is 6.54 Å². The minimum atomic E-state index is -0.0104. The van der Waals surface area contributed by atoms with Gasteiger partial charge in [0.25, 0.3) is 0 Å². The number of nitrogens with one attached hydrogen (secondary N) is 1. The molecule has 6 heteroatoms. The second-order valence-electron chi connectivity index (χ2n) is 8.73. The molecule has 3 rings (SSSR count). The lowest BCUT2D eigenvalue weighted by atomic mass is 9.94. The normalized spacial score (nSPS) is 22.8. The van der Waals surface area contributed by atoms with Crippen LogP contribution in [-0.2, 0) is 12.0 Å². The average molecular weight is 362 g/mol. The Morgan fingerprint density at radius 3 is 2.69 bits per heavy atom. The second kappa shape index (κ2) is 8.42. The molecule has 1 aromatic heterocycles. The Bertz CT molecular complexity index is 598. The van der Waals surface area contributed by atoms with E-state index >= 15 is 0 Å². The van der Waals surface area contributed by atoms with Gasteiger partial charge in [-0.2, -0.15) is 0 Å². The van der Waals surface area contributed by atoms with Gasteiger partial charge in [-0.3, -0.25) is 4.99 Å². The third kappa shape index (κ3) is 5.00. The van der Waals surface area contributed by atoms with Crippen molar-refractivity contribution in [2.24, 2.45) is 10.9 Å². The molecule has 1 N–H and O–H groups in total. The van der Waals surface area contributed by atoms with Crippen molar-refractivity contribution in [1.82, 2.24) is 20.1 Å². The molecule has 3 heterocycles. The van der Waals surface area contributed by atoms with E-state index in [9.17, 15) is 0 Å². The Balaban J connectivity index is 1.47. The molecule has 1 aromatic rings. The van der Waals surface area contributed by atoms with Crippen molar-refractivity contribution < 1.29 is 4.42 Å². The van der Waals surface area contributed by atoms with Gasteiger partial charge in [0.15, 0.2) is 5.96 Å². The Morgan fingerprint density at radius 1 is 1.27 bits per heavy atom. The molecule has 2 saturated heterocycles. The van der Waals surface area contributed by atoms with Crippen LogP contribution >= 0.6 is 0 Å². The van der Waals surface area contributed by atoms with E-state index in [0.717, 1.165) is 36.6 Å². The summed E-state index contributed by atoms with van der Waals surface area (Å²) in [6.07, 6.45) is 7.23. The quantitative estimate of drug-likeness (QED) is 0.660. The van der Waals surface area contributed by atoms with Crippen molar-refractivity contribution in [1.29, 1.82) is 0 Å². The molecule has 146 valence electrons. The molecule has 0 radical (unpaired) electrons. The summed E-state index contributed by atoms with van der Waals surface area (Å²) in [6.45, 7) is 13.0. The van der Waals surface area contributed by atoms with E-state index in [4.69, 9.17) is 4.42 Å². The highest BCUT2D eigenvalue weighted by atomic mass is 16.4. The molecule has 0 spiro atoms. The van der Waals surface area contributed by atoms with Gasteiger partial charge in [-0.25, -0.2) is 4.98 Å². The first kappa shape index (κ1) is 19.2. The number of rotatable bonds is 4. The van der Waals surface area contributed by atoms with Crippen LogP contribution in [0, 0.1) is 5.92 Å². The van der Waals surface area contributed by atoms with Gasteiger partial charge < -0.3 is 19.5 Å². The molecule has 0 saturated carbocycles. The van der Waals surface area contributed by atoms with Crippen molar-refractivity contribution in [2.45, 2.75) is 58.4 Å². The summed E-state index contributed by atoms with van der Waals surface area (Å²) in [4.78, 5) is 13.9. The molecule has 0 amide bonds. The highest BCUT2D eigenvalue weighted by Gasteiger charge is 2.27. The predicted octanol–water partition coefficient (Wildman–Crippen LogP) is 2.86. The highest BCUT2D eigenvalue weighted by molar-refractivity contribution is 5.80. The zero-order valence-electron chi connectivity index (χ0n) is 16.9. The maximum absolute atomic E-state index is 5.87. The minimum Gasteiger partial charge on any atom is -0.443 e. The lowest BCUT2D eigenvalue weighted by molar-refractivity contribution is 0.198. The predicted molar refractivity (Wildman–Crippen MR) is 105 cm³/mol. The van der Waals surface area contributed by atoms with Crippen molar-refractivity contribution in [3.63, 3.8) is 0 Å². The number of aromatic nitrogens is 1. The van der Waals surface area contributed by atoms with E-state index in [2.05, 4.69) is 45.9 Å². The Kier molecular flexibility index (Phi) is 6.22. The summed E-state index contributed by atoms with van der Waals surface area (Å²) >= 11 is 0. The molecule has 1 unspecified atom stereocenters. The molecule has 6 nitrogen and oxygen atoms in total. The fraction of sp³-hybridized carbons (Fsp3) is 0.800. The van der Waals surface area contributed by atoms with Crippen molar-refractivity contribution in [3.8, 4) is 0 Å². The van der Waals surface area contributed by atoms with Crippen LogP contribution in [0.1, 0.15) is 58.1 Å². The van der Waals surface area contributed by atoms with Gasteiger partial charge in [-0.1, -0.05) is 27.2 Å². The zero-order chi connectivity index (χ0) is 18.6. The lowest BCUT2D eigenvalue weighted by Gasteiger charge is -2.29. The SMILES string of the molecule is CN=C(NCc1ncc(C(C)(C)C)o1)N1CCC(CN2CCCCC2)C1. The third-order valence-corrected chi connectivity index (χ3v) is 5.45.